The second kappa shape index (κ2) is 16.3. The summed E-state index contributed by atoms with van der Waals surface area (Å²) >= 11 is 0. The predicted octanol–water partition coefficient (Wildman–Crippen LogP) is 10.7. The summed E-state index contributed by atoms with van der Waals surface area (Å²) < 4.78 is 87.1. The van der Waals surface area contributed by atoms with E-state index < -0.39 is 24.2 Å². The van der Waals surface area contributed by atoms with Crippen molar-refractivity contribution in [2.75, 3.05) is 0 Å². The van der Waals surface area contributed by atoms with Gasteiger partial charge in [-0.3, -0.25) is 0 Å². The predicted molar refractivity (Wildman–Crippen MR) is 214 cm³/mol. The summed E-state index contributed by atoms with van der Waals surface area (Å²) in [4.78, 5) is 0. The zero-order chi connectivity index (χ0) is 46.1. The van der Waals surface area contributed by atoms with Crippen molar-refractivity contribution in [3.63, 3.8) is 0 Å². The number of benzene rings is 5. The number of nitrogens with zero attached hydrogens (tertiary/aromatic N) is 8. The van der Waals surface area contributed by atoms with Crippen LogP contribution in [-0.4, -0.2) is 12.7 Å². The standard InChI is InChI=1S/C48H16F6N8O2/c49-47(50,51)63-33-5-1-29(2-6-33)43-41(23-61)35-15-38-36(16-37(35)45(43)39(21-59)31-11-25(17-55)9-26(12-31)18-56)42(24-62)44(30-3-7-34(8-4-30)64-48(52,53)54)46(38)40(22-60)32-13-27(19-57)10-28(14-32)20-58/h1-16H/b45-39-,46-40-. The molecule has 5 aromatic carbocycles. The smallest absolute Gasteiger partial charge is 0.406 e. The summed E-state index contributed by atoms with van der Waals surface area (Å²) in [6.07, 6.45) is -10.1. The van der Waals surface area contributed by atoms with Crippen molar-refractivity contribution in [3.05, 3.63) is 164 Å². The summed E-state index contributed by atoms with van der Waals surface area (Å²) in [7, 11) is 0. The Balaban J connectivity index is 1.61. The van der Waals surface area contributed by atoms with Crippen LogP contribution < -0.4 is 9.47 Å². The molecule has 10 nitrogen and oxygen atoms in total. The number of allylic oxidation sites excluding steroid dienone is 8. The first kappa shape index (κ1) is 42.3. The normalized spacial score (nSPS) is 14.2. The van der Waals surface area contributed by atoms with E-state index in [0.717, 1.165) is 24.3 Å². The molecule has 0 atom stereocenters. The number of ether oxygens (including phenoxy) is 2. The summed E-state index contributed by atoms with van der Waals surface area (Å²) in [5.41, 5.74) is 0.0773. The van der Waals surface area contributed by atoms with Crippen LogP contribution in [0, 0.1) is 90.6 Å². The first-order valence-electron chi connectivity index (χ1n) is 18.0. The fraction of sp³-hybridized carbons (Fsp3) is 0.0417. The molecule has 0 saturated heterocycles. The Labute approximate surface area is 358 Å². The van der Waals surface area contributed by atoms with Gasteiger partial charge < -0.3 is 9.47 Å². The van der Waals surface area contributed by atoms with Gasteiger partial charge in [-0.25, -0.2) is 0 Å². The first-order valence-corrected chi connectivity index (χ1v) is 18.0. The van der Waals surface area contributed by atoms with Crippen molar-refractivity contribution in [2.24, 2.45) is 0 Å². The Hall–Kier alpha value is -9.84. The van der Waals surface area contributed by atoms with Crippen LogP contribution in [0.4, 0.5) is 26.3 Å². The number of rotatable bonds is 6. The van der Waals surface area contributed by atoms with Crippen LogP contribution in [-0.2, 0) is 0 Å². The van der Waals surface area contributed by atoms with Crippen LogP contribution >= 0.6 is 0 Å². The summed E-state index contributed by atoms with van der Waals surface area (Å²) in [6, 6.07) is 35.6. The highest BCUT2D eigenvalue weighted by atomic mass is 19.4. The van der Waals surface area contributed by atoms with Crippen molar-refractivity contribution in [3.8, 4) is 60.1 Å². The molecule has 302 valence electrons. The number of hydrogen-bond donors (Lipinski definition) is 0. The molecule has 0 aromatic heterocycles. The van der Waals surface area contributed by atoms with Gasteiger partial charge in [-0.15, -0.1) is 26.3 Å². The van der Waals surface area contributed by atoms with Gasteiger partial charge in [0.15, 0.2) is 0 Å². The molecule has 2 aliphatic carbocycles. The minimum Gasteiger partial charge on any atom is -0.406 e. The van der Waals surface area contributed by atoms with Crippen LogP contribution in [0.1, 0.15) is 66.8 Å². The second-order valence-electron chi connectivity index (χ2n) is 13.6. The van der Waals surface area contributed by atoms with Crippen LogP contribution in [0.2, 0.25) is 0 Å². The zero-order valence-corrected chi connectivity index (χ0v) is 31.9. The van der Waals surface area contributed by atoms with E-state index in [9.17, 15) is 68.4 Å². The molecule has 0 heterocycles. The lowest BCUT2D eigenvalue weighted by atomic mass is 9.86. The van der Waals surface area contributed by atoms with E-state index in [1.807, 2.05) is 24.3 Å². The molecule has 0 amide bonds. The summed E-state index contributed by atoms with van der Waals surface area (Å²) in [6.45, 7) is 0. The molecule has 16 heteroatoms. The minimum absolute atomic E-state index is 0.00568. The molecule has 5 aromatic rings. The lowest BCUT2D eigenvalue weighted by molar-refractivity contribution is -0.275. The van der Waals surface area contributed by atoms with Crippen LogP contribution in [0.3, 0.4) is 0 Å². The van der Waals surface area contributed by atoms with E-state index in [-0.39, 0.29) is 111 Å². The molecule has 0 aliphatic heterocycles. The Bertz CT molecular complexity index is 3080. The average Bonchev–Trinajstić information content (AvgIpc) is 3.76. The monoisotopic (exact) mass is 850 g/mol. The highest BCUT2D eigenvalue weighted by molar-refractivity contribution is 6.34. The molecule has 2 aliphatic rings. The van der Waals surface area contributed by atoms with Crippen LogP contribution in [0.5, 0.6) is 11.5 Å². The third-order valence-electron chi connectivity index (χ3n) is 9.90. The number of alkyl halides is 6. The van der Waals surface area contributed by atoms with Crippen molar-refractivity contribution in [2.45, 2.75) is 12.7 Å². The highest BCUT2D eigenvalue weighted by Crippen LogP contribution is 2.56. The molecule has 0 fully saturated rings. The zero-order valence-electron chi connectivity index (χ0n) is 31.9. The molecule has 0 unspecified atom stereocenters. The van der Waals surface area contributed by atoms with Gasteiger partial charge in [0.25, 0.3) is 0 Å². The Kier molecular flexibility index (Phi) is 10.8. The number of fused-ring (bicyclic) bond motifs is 2. The maximum Gasteiger partial charge on any atom is 0.573 e. The van der Waals surface area contributed by atoms with E-state index >= 15 is 0 Å². The van der Waals surface area contributed by atoms with Gasteiger partial charge in [0.2, 0.25) is 0 Å². The van der Waals surface area contributed by atoms with Gasteiger partial charge in [0, 0.05) is 33.4 Å². The summed E-state index contributed by atoms with van der Waals surface area (Å²) in [5.74, 6) is -1.21. The maximum atomic E-state index is 13.2. The quantitative estimate of drug-likeness (QED) is 0.117. The van der Waals surface area contributed by atoms with E-state index in [2.05, 4.69) is 33.8 Å². The fourth-order valence-corrected chi connectivity index (χ4v) is 7.52. The van der Waals surface area contributed by atoms with Crippen molar-refractivity contribution >= 4 is 44.6 Å². The number of hydrogen-bond acceptors (Lipinski definition) is 10. The minimum atomic E-state index is -5.05. The Morgan fingerprint density at radius 1 is 0.391 bits per heavy atom. The molecule has 0 N–H and O–H groups in total. The van der Waals surface area contributed by atoms with Gasteiger partial charge in [-0.05, 0) is 106 Å². The molecule has 7 rings (SSSR count). The van der Waals surface area contributed by atoms with Gasteiger partial charge in [-0.2, -0.15) is 42.1 Å². The van der Waals surface area contributed by atoms with E-state index in [1.165, 1.54) is 72.8 Å². The lowest BCUT2D eigenvalue weighted by Crippen LogP contribution is -2.17. The topological polar surface area (TPSA) is 209 Å². The van der Waals surface area contributed by atoms with Gasteiger partial charge in [-0.1, -0.05) is 24.3 Å². The average molecular weight is 851 g/mol. The molecular weight excluding hydrogens is 835 g/mol. The Morgan fingerprint density at radius 2 is 0.703 bits per heavy atom. The first-order chi connectivity index (χ1) is 30.6. The lowest BCUT2D eigenvalue weighted by Gasteiger charge is -2.15. The number of nitriles is 8. The van der Waals surface area contributed by atoms with E-state index in [1.54, 1.807) is 0 Å². The molecular formula is C48H16F6N8O2. The highest BCUT2D eigenvalue weighted by Gasteiger charge is 2.38. The van der Waals surface area contributed by atoms with Crippen molar-refractivity contribution in [1.82, 2.24) is 0 Å². The fourth-order valence-electron chi connectivity index (χ4n) is 7.52. The molecule has 64 heavy (non-hydrogen) atoms. The van der Waals surface area contributed by atoms with E-state index in [0.29, 0.717) is 0 Å². The Morgan fingerprint density at radius 3 is 0.953 bits per heavy atom. The third-order valence-corrected chi connectivity index (χ3v) is 9.90. The summed E-state index contributed by atoms with van der Waals surface area (Å²) in [5, 5.41) is 82.7. The van der Waals surface area contributed by atoms with Gasteiger partial charge in [0.1, 0.15) is 35.8 Å². The molecule has 0 saturated carbocycles. The van der Waals surface area contributed by atoms with Crippen molar-refractivity contribution in [1.29, 1.82) is 42.1 Å². The molecule has 0 spiro atoms. The second-order valence-corrected chi connectivity index (χ2v) is 13.6. The molecule has 0 bridgehead atoms. The van der Waals surface area contributed by atoms with E-state index in [4.69, 9.17) is 0 Å². The van der Waals surface area contributed by atoms with Gasteiger partial charge in [0.05, 0.1) is 68.8 Å². The third kappa shape index (κ3) is 7.82. The largest absolute Gasteiger partial charge is 0.573 e. The molecule has 0 radical (unpaired) electrons. The van der Waals surface area contributed by atoms with Crippen LogP contribution in [0.15, 0.2) is 97.1 Å². The van der Waals surface area contributed by atoms with Crippen molar-refractivity contribution < 1.29 is 35.8 Å². The van der Waals surface area contributed by atoms with Gasteiger partial charge >= 0.3 is 12.7 Å². The van der Waals surface area contributed by atoms with Crippen LogP contribution in [0.25, 0.3) is 44.6 Å². The SMILES string of the molecule is N#CC1=C(c2ccc(OC(F)(F)F)cc2)/C(=C(/C#N)c2cc(C#N)cc(C#N)c2)c2cc3c(cc21)/C(=C(\C#N)c1cc(C#N)cc(C#N)c1)C(c1ccc(OC(F)(F)F)cc1)=C3C#N. The maximum absolute atomic E-state index is 13.2. The number of halogens is 6.